The number of rotatable bonds is 10. The summed E-state index contributed by atoms with van der Waals surface area (Å²) in [5.41, 5.74) is 5.64. The number of carbonyl (C=O) groups excluding carboxylic acids is 3. The van der Waals surface area contributed by atoms with Gasteiger partial charge in [-0.25, -0.2) is 9.59 Å². The van der Waals surface area contributed by atoms with Gasteiger partial charge in [-0.3, -0.25) is 9.59 Å². The number of carboxylic acids is 1. The zero-order chi connectivity index (χ0) is 17.8. The Morgan fingerprint density at radius 2 is 1.96 bits per heavy atom. The summed E-state index contributed by atoms with van der Waals surface area (Å²) in [6.07, 6.45) is 4.06. The van der Waals surface area contributed by atoms with E-state index in [0.29, 0.717) is 12.2 Å². The van der Waals surface area contributed by atoms with E-state index in [0.717, 1.165) is 19.3 Å². The Balaban J connectivity index is 4.45. The fourth-order valence-electron chi connectivity index (χ4n) is 1.33. The summed E-state index contributed by atoms with van der Waals surface area (Å²) in [6, 6.07) is -2.14. The molecule has 0 aliphatic rings. The second-order valence-electron chi connectivity index (χ2n) is 4.39. The smallest absolute Gasteiger partial charge is 0.330 e. The van der Waals surface area contributed by atoms with E-state index in [4.69, 9.17) is 10.8 Å². The SMILES string of the molecule is COC(=O)/C=C/C(=O)NC[C@H](NC(=O)[C@@H](N)CCSC)C(=O)O. The summed E-state index contributed by atoms with van der Waals surface area (Å²) in [4.78, 5) is 45.1. The fourth-order valence-corrected chi connectivity index (χ4v) is 1.82. The molecule has 130 valence electrons. The molecular formula is C13H21N3O6S. The lowest BCUT2D eigenvalue weighted by atomic mass is 10.2. The van der Waals surface area contributed by atoms with Crippen molar-refractivity contribution in [2.24, 2.45) is 5.73 Å². The maximum Gasteiger partial charge on any atom is 0.330 e. The zero-order valence-corrected chi connectivity index (χ0v) is 13.7. The van der Waals surface area contributed by atoms with E-state index in [2.05, 4.69) is 15.4 Å². The van der Waals surface area contributed by atoms with Crippen molar-refractivity contribution in [1.29, 1.82) is 0 Å². The summed E-state index contributed by atoms with van der Waals surface area (Å²) < 4.78 is 4.30. The maximum atomic E-state index is 11.8. The van der Waals surface area contributed by atoms with Crippen LogP contribution in [0.1, 0.15) is 6.42 Å². The van der Waals surface area contributed by atoms with E-state index in [1.165, 1.54) is 11.8 Å². The summed E-state index contributed by atoms with van der Waals surface area (Å²) in [6.45, 7) is -0.347. The molecule has 0 aromatic carbocycles. The van der Waals surface area contributed by atoms with Gasteiger partial charge in [0.15, 0.2) is 0 Å². The van der Waals surface area contributed by atoms with Crippen LogP contribution < -0.4 is 16.4 Å². The number of aliphatic carboxylic acids is 1. The van der Waals surface area contributed by atoms with E-state index in [1.54, 1.807) is 0 Å². The third kappa shape index (κ3) is 9.53. The number of nitrogens with one attached hydrogen (secondary N) is 2. The average Bonchev–Trinajstić information content (AvgIpc) is 2.53. The van der Waals surface area contributed by atoms with Gasteiger partial charge in [0.25, 0.3) is 0 Å². The minimum atomic E-state index is -1.32. The third-order valence-electron chi connectivity index (χ3n) is 2.64. The molecule has 0 aliphatic heterocycles. The molecule has 0 bridgehead atoms. The van der Waals surface area contributed by atoms with Crippen LogP contribution in [0, 0.1) is 0 Å². The molecule has 0 spiro atoms. The first-order valence-corrected chi connectivity index (χ1v) is 8.02. The maximum absolute atomic E-state index is 11.8. The Labute approximate surface area is 138 Å². The van der Waals surface area contributed by atoms with Gasteiger partial charge in [-0.15, -0.1) is 0 Å². The zero-order valence-electron chi connectivity index (χ0n) is 12.9. The highest BCUT2D eigenvalue weighted by Crippen LogP contribution is 1.99. The first-order valence-electron chi connectivity index (χ1n) is 6.63. The molecule has 23 heavy (non-hydrogen) atoms. The Hall–Kier alpha value is -2.07. The number of hydrogen-bond acceptors (Lipinski definition) is 7. The number of amides is 2. The van der Waals surface area contributed by atoms with Crippen molar-refractivity contribution < 1.29 is 29.0 Å². The number of carboxylic acid groups (broad SMARTS) is 1. The average molecular weight is 347 g/mol. The molecule has 0 saturated heterocycles. The van der Waals surface area contributed by atoms with Crippen LogP contribution in [0.3, 0.4) is 0 Å². The monoisotopic (exact) mass is 347 g/mol. The van der Waals surface area contributed by atoms with E-state index in [-0.39, 0.29) is 6.54 Å². The second-order valence-corrected chi connectivity index (χ2v) is 5.37. The minimum Gasteiger partial charge on any atom is -0.480 e. The van der Waals surface area contributed by atoms with Gasteiger partial charge in [-0.05, 0) is 18.4 Å². The van der Waals surface area contributed by atoms with Crippen molar-refractivity contribution in [1.82, 2.24) is 10.6 Å². The second kappa shape index (κ2) is 11.5. The van der Waals surface area contributed by atoms with Gasteiger partial charge in [-0.2, -0.15) is 11.8 Å². The molecule has 0 aromatic heterocycles. The normalized spacial score (nSPS) is 13.2. The van der Waals surface area contributed by atoms with E-state index >= 15 is 0 Å². The quantitative estimate of drug-likeness (QED) is 0.275. The molecule has 10 heteroatoms. The van der Waals surface area contributed by atoms with Crippen molar-refractivity contribution in [2.75, 3.05) is 25.7 Å². The Bertz CT molecular complexity index is 469. The molecule has 0 unspecified atom stereocenters. The highest BCUT2D eigenvalue weighted by molar-refractivity contribution is 7.98. The highest BCUT2D eigenvalue weighted by Gasteiger charge is 2.23. The van der Waals surface area contributed by atoms with Gasteiger partial charge >= 0.3 is 11.9 Å². The van der Waals surface area contributed by atoms with Crippen LogP contribution in [0.4, 0.5) is 0 Å². The first-order chi connectivity index (χ1) is 10.8. The predicted molar refractivity (Wildman–Crippen MR) is 84.7 cm³/mol. The Morgan fingerprint density at radius 1 is 1.30 bits per heavy atom. The number of ether oxygens (including phenoxy) is 1. The molecule has 0 fully saturated rings. The molecule has 2 atom stereocenters. The summed E-state index contributed by atoms with van der Waals surface area (Å²) in [5, 5.41) is 13.6. The molecule has 9 nitrogen and oxygen atoms in total. The van der Waals surface area contributed by atoms with Crippen LogP contribution >= 0.6 is 11.8 Å². The van der Waals surface area contributed by atoms with Crippen molar-refractivity contribution in [3.8, 4) is 0 Å². The topological polar surface area (TPSA) is 148 Å². The highest BCUT2D eigenvalue weighted by atomic mass is 32.2. The number of methoxy groups -OCH3 is 1. The largest absolute Gasteiger partial charge is 0.480 e. The molecular weight excluding hydrogens is 326 g/mol. The summed E-state index contributed by atoms with van der Waals surface area (Å²) in [7, 11) is 1.15. The predicted octanol–water partition coefficient (Wildman–Crippen LogP) is -1.52. The van der Waals surface area contributed by atoms with Crippen molar-refractivity contribution >= 4 is 35.5 Å². The lowest BCUT2D eigenvalue weighted by Crippen LogP contribution is -2.52. The first kappa shape index (κ1) is 20.9. The Kier molecular flexibility index (Phi) is 10.5. The molecule has 0 aromatic rings. The van der Waals surface area contributed by atoms with E-state index in [1.807, 2.05) is 6.26 Å². The van der Waals surface area contributed by atoms with Gasteiger partial charge < -0.3 is 26.2 Å². The van der Waals surface area contributed by atoms with Gasteiger partial charge in [-0.1, -0.05) is 0 Å². The lowest BCUT2D eigenvalue weighted by molar-refractivity contribution is -0.142. The van der Waals surface area contributed by atoms with Gasteiger partial charge in [0.1, 0.15) is 6.04 Å². The summed E-state index contributed by atoms with van der Waals surface area (Å²) in [5.74, 6) is -2.66. The third-order valence-corrected chi connectivity index (χ3v) is 3.28. The minimum absolute atomic E-state index is 0.347. The van der Waals surface area contributed by atoms with Gasteiger partial charge in [0.05, 0.1) is 13.2 Å². The Morgan fingerprint density at radius 3 is 2.48 bits per heavy atom. The van der Waals surface area contributed by atoms with Crippen LogP contribution in [0.15, 0.2) is 12.2 Å². The molecule has 0 aliphatic carbocycles. The molecule has 5 N–H and O–H groups in total. The standard InChI is InChI=1S/C13H21N3O6S/c1-22-11(18)4-3-10(17)15-7-9(13(20)21)16-12(19)8(14)5-6-23-2/h3-4,8-9H,5-7,14H2,1-2H3,(H,15,17)(H,16,19)(H,20,21)/b4-3+/t8-,9-/m0/s1. The van der Waals surface area contributed by atoms with E-state index < -0.39 is 35.8 Å². The molecule has 0 radical (unpaired) electrons. The lowest BCUT2D eigenvalue weighted by Gasteiger charge is -2.17. The van der Waals surface area contributed by atoms with Crippen LogP contribution in [0.25, 0.3) is 0 Å². The van der Waals surface area contributed by atoms with Crippen LogP contribution in [0.5, 0.6) is 0 Å². The van der Waals surface area contributed by atoms with Crippen LogP contribution in [0.2, 0.25) is 0 Å². The number of carbonyl (C=O) groups is 4. The van der Waals surface area contributed by atoms with Gasteiger partial charge in [0, 0.05) is 18.7 Å². The number of esters is 1. The van der Waals surface area contributed by atoms with E-state index in [9.17, 15) is 19.2 Å². The van der Waals surface area contributed by atoms with Crippen molar-refractivity contribution in [2.45, 2.75) is 18.5 Å². The van der Waals surface area contributed by atoms with Gasteiger partial charge in [0.2, 0.25) is 11.8 Å². The van der Waals surface area contributed by atoms with Crippen molar-refractivity contribution in [3.63, 3.8) is 0 Å². The molecule has 2 amide bonds. The van der Waals surface area contributed by atoms with Crippen molar-refractivity contribution in [3.05, 3.63) is 12.2 Å². The number of nitrogens with two attached hydrogens (primary N) is 1. The molecule has 0 saturated carbocycles. The molecule has 0 rings (SSSR count). The fraction of sp³-hybridized carbons (Fsp3) is 0.538. The van der Waals surface area contributed by atoms with Crippen LogP contribution in [-0.4, -0.2) is 66.6 Å². The van der Waals surface area contributed by atoms with Crippen LogP contribution in [-0.2, 0) is 23.9 Å². The summed E-state index contributed by atoms with van der Waals surface area (Å²) >= 11 is 1.52. The number of thioether (sulfide) groups is 1. The molecule has 0 heterocycles. The number of hydrogen-bond donors (Lipinski definition) is 4.